The lowest BCUT2D eigenvalue weighted by atomic mass is 9.66. The lowest BCUT2D eigenvalue weighted by Crippen LogP contribution is -2.55. The van der Waals surface area contributed by atoms with Gasteiger partial charge in [0.2, 0.25) is 0 Å². The minimum absolute atomic E-state index is 0.0106. The molecule has 1 aliphatic heterocycles. The summed E-state index contributed by atoms with van der Waals surface area (Å²) in [5, 5.41) is -5.29. The summed E-state index contributed by atoms with van der Waals surface area (Å²) < 4.78 is 101. The highest BCUT2D eigenvalue weighted by Gasteiger charge is 2.76. The van der Waals surface area contributed by atoms with Crippen LogP contribution in [0.3, 0.4) is 0 Å². The summed E-state index contributed by atoms with van der Waals surface area (Å²) in [5.74, 6) is -4.36. The van der Waals surface area contributed by atoms with E-state index in [1.807, 2.05) is 13.8 Å². The van der Waals surface area contributed by atoms with Gasteiger partial charge in [-0.15, -0.1) is 0 Å². The Bertz CT molecular complexity index is 1220. The van der Waals surface area contributed by atoms with Crippen molar-refractivity contribution in [2.45, 2.75) is 94.6 Å². The largest absolute Gasteiger partial charge is 0.493 e. The van der Waals surface area contributed by atoms with Crippen molar-refractivity contribution in [3.8, 4) is 5.75 Å². The van der Waals surface area contributed by atoms with Gasteiger partial charge in [-0.05, 0) is 124 Å². The van der Waals surface area contributed by atoms with E-state index < -0.39 is 43.4 Å². The van der Waals surface area contributed by atoms with Crippen molar-refractivity contribution >= 4 is 20.4 Å². The molecule has 7 atom stereocenters. The fourth-order valence-electron chi connectivity index (χ4n) is 9.37. The lowest BCUT2D eigenvalue weighted by molar-refractivity contribution is -0.209. The molecule has 4 bridgehead atoms. The predicted molar refractivity (Wildman–Crippen MR) is 149 cm³/mol. The van der Waals surface area contributed by atoms with Crippen molar-refractivity contribution in [1.29, 1.82) is 0 Å². The molecule has 40 heavy (non-hydrogen) atoms. The molecule has 1 heterocycles. The van der Waals surface area contributed by atoms with Gasteiger partial charge in [0.1, 0.15) is 5.75 Å². The zero-order valence-corrected chi connectivity index (χ0v) is 25.3. The number of aryl methyl sites for hydroxylation is 2. The van der Waals surface area contributed by atoms with Gasteiger partial charge in [0.05, 0.1) is 6.61 Å². The highest BCUT2D eigenvalue weighted by atomic mass is 32.3. The van der Waals surface area contributed by atoms with Crippen molar-refractivity contribution in [3.63, 3.8) is 0 Å². The number of hydrogen-bond donors (Lipinski definition) is 0. The Morgan fingerprint density at radius 1 is 0.925 bits per heavy atom. The number of halogens is 4. The Labute approximate surface area is 237 Å². The van der Waals surface area contributed by atoms with Gasteiger partial charge in [0.25, 0.3) is 0 Å². The molecule has 1 aromatic rings. The maximum absolute atomic E-state index is 15.9. The van der Waals surface area contributed by atoms with E-state index in [1.165, 1.54) is 0 Å². The fourth-order valence-corrected chi connectivity index (χ4v) is 15.2. The molecule has 4 saturated carbocycles. The Morgan fingerprint density at radius 2 is 1.55 bits per heavy atom. The van der Waals surface area contributed by atoms with Crippen molar-refractivity contribution in [2.24, 2.45) is 41.4 Å². The molecule has 4 aliphatic carbocycles. The van der Waals surface area contributed by atoms with Crippen molar-refractivity contribution < 1.29 is 34.3 Å². The van der Waals surface area contributed by atoms with Gasteiger partial charge in [0, 0.05) is 22.3 Å². The van der Waals surface area contributed by atoms with Gasteiger partial charge in [-0.25, -0.2) is 3.63 Å². The van der Waals surface area contributed by atoms with Crippen LogP contribution in [0.1, 0.15) is 75.8 Å². The number of alkyl halides is 4. The molecule has 10 heteroatoms. The number of unbranched alkanes of at least 4 members (excludes halogenated alkanes) is 1. The van der Waals surface area contributed by atoms with Crippen LogP contribution in [0.4, 0.5) is 17.6 Å². The first kappa shape index (κ1) is 29.1. The first-order chi connectivity index (χ1) is 18.8. The quantitative estimate of drug-likeness (QED) is 0.153. The minimum Gasteiger partial charge on any atom is -0.493 e. The summed E-state index contributed by atoms with van der Waals surface area (Å²) in [6, 6.07) is 3.48. The molecule has 7 unspecified atom stereocenters. The van der Waals surface area contributed by atoms with Crippen molar-refractivity contribution in [3.05, 3.63) is 23.3 Å². The lowest BCUT2D eigenvalue weighted by Gasteiger charge is -2.43. The average molecular weight is 607 g/mol. The van der Waals surface area contributed by atoms with Crippen LogP contribution in [0.15, 0.2) is 17.0 Å². The zero-order chi connectivity index (χ0) is 28.7. The molecule has 1 saturated heterocycles. The molecule has 4 nitrogen and oxygen atoms in total. The standard InChI is InChI=1S/C30H42F4O4S2/c1-4-5-10-37-28-18(2)13-23(14-19(28)3)39(11-6-7-12-39)38-40(35,36)30(33,34)29(31,32)25-17-22-16-24(25)27-21-9-8-20(15-21)26(22)27/h13-14,20-22,24-27H,4-12,15-17H2,1-3H3. The Hall–Kier alpha value is -1.00. The SMILES string of the molecule is CCCCOc1c(C)cc(S2(OS(=O)(=O)C(F)(F)C(F)(F)C3CC4CC3C3C5CCC(C5)C43)CCCC2)cc1C. The van der Waals surface area contributed by atoms with Crippen LogP contribution in [-0.4, -0.2) is 37.7 Å². The third-order valence-corrected chi connectivity index (χ3v) is 16.6. The molecular formula is C30H42F4O4S2. The number of hydrogen-bond acceptors (Lipinski definition) is 4. The molecule has 226 valence electrons. The first-order valence-corrected chi connectivity index (χ1v) is 18.4. The van der Waals surface area contributed by atoms with Crippen LogP contribution >= 0.6 is 10.3 Å². The molecule has 1 aromatic carbocycles. The summed E-state index contributed by atoms with van der Waals surface area (Å²) in [4.78, 5) is 0.510. The van der Waals surface area contributed by atoms with Crippen LogP contribution < -0.4 is 4.74 Å². The highest BCUT2D eigenvalue weighted by molar-refractivity contribution is 8.33. The van der Waals surface area contributed by atoms with Gasteiger partial charge < -0.3 is 4.74 Å². The molecule has 0 amide bonds. The number of rotatable bonds is 10. The number of fused-ring (bicyclic) bond motifs is 9. The van der Waals surface area contributed by atoms with Crippen molar-refractivity contribution in [2.75, 3.05) is 18.1 Å². The summed E-state index contributed by atoms with van der Waals surface area (Å²) in [6.07, 6.45) is 6.68. The fraction of sp³-hybridized carbons (Fsp3) is 0.800. The smallest absolute Gasteiger partial charge is 0.432 e. The van der Waals surface area contributed by atoms with E-state index in [0.717, 1.165) is 43.2 Å². The normalized spacial score (nSPS) is 35.3. The molecule has 6 rings (SSSR count). The molecule has 5 aliphatic rings. The van der Waals surface area contributed by atoms with E-state index in [1.54, 1.807) is 12.1 Å². The third-order valence-electron chi connectivity index (χ3n) is 10.9. The van der Waals surface area contributed by atoms with Crippen LogP contribution in [-0.2, 0) is 13.7 Å². The van der Waals surface area contributed by atoms with Crippen LogP contribution in [0, 0.1) is 55.3 Å². The minimum atomic E-state index is -5.93. The second-order valence-electron chi connectivity index (χ2n) is 13.2. The zero-order valence-electron chi connectivity index (χ0n) is 23.6. The molecule has 5 fully saturated rings. The van der Waals surface area contributed by atoms with Gasteiger partial charge in [0.15, 0.2) is 0 Å². The van der Waals surface area contributed by atoms with Gasteiger partial charge >= 0.3 is 21.3 Å². The number of ether oxygens (including phenoxy) is 1. The van der Waals surface area contributed by atoms with Crippen LogP contribution in [0.25, 0.3) is 0 Å². The molecular weight excluding hydrogens is 564 g/mol. The maximum atomic E-state index is 15.9. The molecule has 0 aromatic heterocycles. The monoisotopic (exact) mass is 606 g/mol. The highest BCUT2D eigenvalue weighted by Crippen LogP contribution is 2.72. The van der Waals surface area contributed by atoms with E-state index in [9.17, 15) is 8.42 Å². The van der Waals surface area contributed by atoms with E-state index >= 15 is 17.6 Å². The molecule has 0 N–H and O–H groups in total. The number of benzene rings is 1. The summed E-state index contributed by atoms with van der Waals surface area (Å²) in [7, 11) is -8.66. The topological polar surface area (TPSA) is 52.6 Å². The summed E-state index contributed by atoms with van der Waals surface area (Å²) >= 11 is 0. The molecule has 0 radical (unpaired) electrons. The van der Waals surface area contributed by atoms with E-state index in [-0.39, 0.29) is 29.8 Å². The van der Waals surface area contributed by atoms with Crippen LogP contribution in [0.5, 0.6) is 5.75 Å². The van der Waals surface area contributed by atoms with Gasteiger partial charge in [-0.1, -0.05) is 23.7 Å². The average Bonchev–Trinajstić information content (AvgIpc) is 3.71. The van der Waals surface area contributed by atoms with E-state index in [0.29, 0.717) is 54.3 Å². The maximum Gasteiger partial charge on any atom is 0.432 e. The summed E-state index contributed by atoms with van der Waals surface area (Å²) in [5.41, 5.74) is 1.51. The second kappa shape index (κ2) is 10.0. The Balaban J connectivity index is 1.26. The molecule has 0 spiro atoms. The Morgan fingerprint density at radius 3 is 2.17 bits per heavy atom. The first-order valence-electron chi connectivity index (χ1n) is 15.1. The van der Waals surface area contributed by atoms with Gasteiger partial charge in [-0.3, -0.25) is 0 Å². The van der Waals surface area contributed by atoms with Crippen molar-refractivity contribution in [1.82, 2.24) is 0 Å². The summed E-state index contributed by atoms with van der Waals surface area (Å²) in [6.45, 7) is 6.25. The third kappa shape index (κ3) is 4.27. The predicted octanol–water partition coefficient (Wildman–Crippen LogP) is 8.25. The van der Waals surface area contributed by atoms with Gasteiger partial charge in [-0.2, -0.15) is 26.0 Å². The van der Waals surface area contributed by atoms with E-state index in [2.05, 4.69) is 6.92 Å². The second-order valence-corrected chi connectivity index (χ2v) is 18.0. The van der Waals surface area contributed by atoms with E-state index in [4.69, 9.17) is 8.37 Å². The Kier molecular flexibility index (Phi) is 7.30. The van der Waals surface area contributed by atoms with Crippen LogP contribution in [0.2, 0.25) is 0 Å².